The fourth-order valence-electron chi connectivity index (χ4n) is 4.32. The molecule has 1 heterocycles. The second-order valence-electron chi connectivity index (χ2n) is 9.28. The number of benzene rings is 3. The number of nitro groups is 1. The van der Waals surface area contributed by atoms with E-state index in [0.29, 0.717) is 6.61 Å². The van der Waals surface area contributed by atoms with Gasteiger partial charge in [-0.2, -0.15) is 0 Å². The largest absolute Gasteiger partial charge is 0.492 e. The van der Waals surface area contributed by atoms with Crippen molar-refractivity contribution in [2.75, 3.05) is 44.2 Å². The third kappa shape index (κ3) is 7.05. The van der Waals surface area contributed by atoms with Crippen molar-refractivity contribution >= 4 is 38.9 Å². The number of anilines is 1. The maximum absolute atomic E-state index is 12.6. The second kappa shape index (κ2) is 12.0. The Morgan fingerprint density at radius 3 is 2.15 bits per heavy atom. The third-order valence-electron chi connectivity index (χ3n) is 6.54. The van der Waals surface area contributed by atoms with Gasteiger partial charge >= 0.3 is 0 Å². The Bertz CT molecular complexity index is 1430. The fraction of sp³-hybridized carbons (Fsp3) is 0.296. The molecule has 10 nitrogen and oxygen atoms in total. The fourth-order valence-corrected chi connectivity index (χ4v) is 5.41. The van der Waals surface area contributed by atoms with Crippen LogP contribution in [-0.4, -0.2) is 63.5 Å². The third-order valence-corrected chi connectivity index (χ3v) is 8.48. The van der Waals surface area contributed by atoms with Gasteiger partial charge in [0.15, 0.2) is 0 Å². The molecule has 206 valence electrons. The lowest BCUT2D eigenvalue weighted by Gasteiger charge is -2.36. The highest BCUT2D eigenvalue weighted by molar-refractivity contribution is 7.90. The van der Waals surface area contributed by atoms with E-state index in [4.69, 9.17) is 16.3 Å². The zero-order valence-corrected chi connectivity index (χ0v) is 23.2. The zero-order valence-electron chi connectivity index (χ0n) is 21.6. The van der Waals surface area contributed by atoms with Crippen LogP contribution >= 0.6 is 11.6 Å². The number of carbonyl (C=O) groups excluding carboxylic acids is 1. The minimum Gasteiger partial charge on any atom is -0.492 e. The van der Waals surface area contributed by atoms with E-state index in [9.17, 15) is 23.3 Å². The van der Waals surface area contributed by atoms with Crippen LogP contribution in [0.25, 0.3) is 0 Å². The Hall–Kier alpha value is -3.67. The first-order valence-corrected chi connectivity index (χ1v) is 14.2. The molecule has 0 saturated carbocycles. The number of nitro benzene ring substituents is 1. The summed E-state index contributed by atoms with van der Waals surface area (Å²) in [6.07, 6.45) is 0. The number of carbonyl (C=O) groups is 1. The topological polar surface area (TPSA) is 122 Å². The molecule has 1 aliphatic rings. The summed E-state index contributed by atoms with van der Waals surface area (Å²) in [7, 11) is -4.17. The van der Waals surface area contributed by atoms with Crippen molar-refractivity contribution < 1.29 is 22.9 Å². The Morgan fingerprint density at radius 1 is 1.00 bits per heavy atom. The molecule has 0 bridgehead atoms. The molecule has 1 fully saturated rings. The normalized spacial score (nSPS) is 14.2. The van der Waals surface area contributed by atoms with Gasteiger partial charge in [-0.1, -0.05) is 11.6 Å². The van der Waals surface area contributed by atoms with Crippen molar-refractivity contribution in [3.05, 3.63) is 92.5 Å². The molecule has 39 heavy (non-hydrogen) atoms. The highest BCUT2D eigenvalue weighted by Crippen LogP contribution is 2.26. The molecule has 12 heteroatoms. The second-order valence-corrected chi connectivity index (χ2v) is 11.3. The summed E-state index contributed by atoms with van der Waals surface area (Å²) >= 11 is 6.22. The summed E-state index contributed by atoms with van der Waals surface area (Å²) in [6, 6.07) is 14.9. The summed E-state index contributed by atoms with van der Waals surface area (Å²) < 4.78 is 33.0. The maximum Gasteiger partial charge on any atom is 0.269 e. The molecule has 1 saturated heterocycles. The van der Waals surface area contributed by atoms with E-state index in [0.717, 1.165) is 84.6 Å². The molecule has 0 aromatic heterocycles. The van der Waals surface area contributed by atoms with Gasteiger partial charge in [0.05, 0.1) is 9.82 Å². The van der Waals surface area contributed by atoms with Crippen LogP contribution in [0.2, 0.25) is 5.02 Å². The number of halogens is 1. The SMILES string of the molecule is Cc1cc(OCCN2CCN(c3ccc(C(=O)NS(=O)(=O)c4ccc([N+](=O)[O-])cc4)cc3)CC2)cc(C)c1Cl. The number of rotatable bonds is 9. The van der Waals surface area contributed by atoms with Crippen molar-refractivity contribution in [2.45, 2.75) is 18.7 Å². The molecule has 0 unspecified atom stereocenters. The summed E-state index contributed by atoms with van der Waals surface area (Å²) in [5.41, 5.74) is 2.87. The first kappa shape index (κ1) is 28.3. The minimum atomic E-state index is -4.17. The Morgan fingerprint density at radius 2 is 1.59 bits per heavy atom. The number of aryl methyl sites for hydroxylation is 2. The Balaban J connectivity index is 1.26. The molecular weight excluding hydrogens is 544 g/mol. The first-order chi connectivity index (χ1) is 18.5. The number of hydrogen-bond donors (Lipinski definition) is 1. The lowest BCUT2D eigenvalue weighted by Crippen LogP contribution is -2.47. The van der Waals surface area contributed by atoms with Crippen LogP contribution < -0.4 is 14.4 Å². The van der Waals surface area contributed by atoms with E-state index < -0.39 is 20.9 Å². The number of amides is 1. The van der Waals surface area contributed by atoms with Crippen molar-refractivity contribution in [1.82, 2.24) is 9.62 Å². The molecule has 3 aromatic rings. The van der Waals surface area contributed by atoms with Crippen molar-refractivity contribution in [3.8, 4) is 5.75 Å². The molecule has 0 spiro atoms. The molecule has 3 aromatic carbocycles. The summed E-state index contributed by atoms with van der Waals surface area (Å²) in [6.45, 7) is 8.63. The van der Waals surface area contributed by atoms with Gasteiger partial charge in [-0.05, 0) is 73.5 Å². The standard InChI is InChI=1S/C27H29ClN4O6S/c1-19-17-24(18-20(2)26(19)28)38-16-15-30-11-13-31(14-12-30)22-5-3-21(4-6-22)27(33)29-39(36,37)25-9-7-23(8-10-25)32(34)35/h3-10,17-18H,11-16H2,1-2H3,(H,29,33). The molecule has 1 amide bonds. The average molecular weight is 573 g/mol. The van der Waals surface area contributed by atoms with Crippen LogP contribution in [0.3, 0.4) is 0 Å². The van der Waals surface area contributed by atoms with E-state index in [1.165, 1.54) is 0 Å². The van der Waals surface area contributed by atoms with Gasteiger partial charge < -0.3 is 9.64 Å². The van der Waals surface area contributed by atoms with Crippen LogP contribution in [-0.2, 0) is 10.0 Å². The van der Waals surface area contributed by atoms with E-state index in [1.807, 2.05) is 30.7 Å². The lowest BCUT2D eigenvalue weighted by molar-refractivity contribution is -0.384. The van der Waals surface area contributed by atoms with Gasteiger partial charge in [0.1, 0.15) is 12.4 Å². The van der Waals surface area contributed by atoms with Gasteiger partial charge in [-0.3, -0.25) is 19.8 Å². The lowest BCUT2D eigenvalue weighted by atomic mass is 10.1. The van der Waals surface area contributed by atoms with E-state index in [-0.39, 0.29) is 16.1 Å². The minimum absolute atomic E-state index is 0.188. The van der Waals surface area contributed by atoms with E-state index in [1.54, 1.807) is 24.3 Å². The number of piperazine rings is 1. The number of nitrogens with one attached hydrogen (secondary N) is 1. The van der Waals surface area contributed by atoms with E-state index in [2.05, 4.69) is 9.80 Å². The molecule has 0 aliphatic carbocycles. The van der Waals surface area contributed by atoms with Crippen LogP contribution in [0.1, 0.15) is 21.5 Å². The molecule has 1 aliphatic heterocycles. The van der Waals surface area contributed by atoms with Crippen LogP contribution in [0.5, 0.6) is 5.75 Å². The first-order valence-electron chi connectivity index (χ1n) is 12.3. The van der Waals surface area contributed by atoms with Crippen LogP contribution in [0.4, 0.5) is 11.4 Å². The predicted octanol–water partition coefficient (Wildman–Crippen LogP) is 4.18. The summed E-state index contributed by atoms with van der Waals surface area (Å²) in [5, 5.41) is 11.5. The summed E-state index contributed by atoms with van der Waals surface area (Å²) in [5.74, 6) is 0.0357. The smallest absolute Gasteiger partial charge is 0.269 e. The number of nitrogens with zero attached hydrogens (tertiary/aromatic N) is 3. The monoisotopic (exact) mass is 572 g/mol. The van der Waals surface area contributed by atoms with Gasteiger partial charge in [0.25, 0.3) is 21.6 Å². The van der Waals surface area contributed by atoms with Crippen LogP contribution in [0.15, 0.2) is 65.6 Å². The number of ether oxygens (including phenoxy) is 1. The highest BCUT2D eigenvalue weighted by Gasteiger charge is 2.21. The van der Waals surface area contributed by atoms with E-state index >= 15 is 0 Å². The molecular formula is C27H29ClN4O6S. The van der Waals surface area contributed by atoms with Crippen molar-refractivity contribution in [2.24, 2.45) is 0 Å². The van der Waals surface area contributed by atoms with Crippen LogP contribution in [0, 0.1) is 24.0 Å². The Kier molecular flexibility index (Phi) is 8.73. The summed E-state index contributed by atoms with van der Waals surface area (Å²) in [4.78, 5) is 27.0. The van der Waals surface area contributed by atoms with Crippen molar-refractivity contribution in [3.63, 3.8) is 0 Å². The van der Waals surface area contributed by atoms with Gasteiger partial charge in [0.2, 0.25) is 0 Å². The number of hydrogen-bond acceptors (Lipinski definition) is 8. The average Bonchev–Trinajstić information content (AvgIpc) is 2.92. The number of sulfonamides is 1. The van der Waals surface area contributed by atoms with Gasteiger partial charge in [0, 0.05) is 61.1 Å². The highest BCUT2D eigenvalue weighted by atomic mass is 35.5. The van der Waals surface area contributed by atoms with Gasteiger partial charge in [-0.25, -0.2) is 13.1 Å². The molecule has 0 atom stereocenters. The molecule has 1 N–H and O–H groups in total. The van der Waals surface area contributed by atoms with Crippen molar-refractivity contribution in [1.29, 1.82) is 0 Å². The zero-order chi connectivity index (χ0) is 28.2. The molecule has 0 radical (unpaired) electrons. The van der Waals surface area contributed by atoms with Gasteiger partial charge in [-0.15, -0.1) is 0 Å². The number of non-ortho nitro benzene ring substituents is 1. The maximum atomic E-state index is 12.6. The quantitative estimate of drug-likeness (QED) is 0.299. The predicted molar refractivity (Wildman–Crippen MR) is 149 cm³/mol. The Labute approximate surface area is 232 Å². The molecule has 4 rings (SSSR count).